The summed E-state index contributed by atoms with van der Waals surface area (Å²) >= 11 is 2.27. The first kappa shape index (κ1) is 18.8. The van der Waals surface area contributed by atoms with E-state index in [0.29, 0.717) is 12.3 Å². The van der Waals surface area contributed by atoms with E-state index in [1.165, 1.54) is 0 Å². The van der Waals surface area contributed by atoms with Crippen LogP contribution < -0.4 is 10.1 Å². The van der Waals surface area contributed by atoms with Gasteiger partial charge in [0.1, 0.15) is 11.4 Å². The van der Waals surface area contributed by atoms with Crippen LogP contribution in [0.2, 0.25) is 0 Å². The number of carbonyl (C=O) groups is 1. The second-order valence-electron chi connectivity index (χ2n) is 6.24. The number of aromatic nitrogens is 1. The molecule has 1 N–H and O–H groups in total. The third-order valence-corrected chi connectivity index (χ3v) is 5.24. The Kier molecular flexibility index (Phi) is 5.55. The Morgan fingerprint density at radius 3 is 2.58 bits per heavy atom. The fourth-order valence-corrected chi connectivity index (χ4v) is 3.97. The number of nitrogens with one attached hydrogen (secondary N) is 1. The lowest BCUT2D eigenvalue weighted by Crippen LogP contribution is -2.18. The van der Waals surface area contributed by atoms with Crippen molar-refractivity contribution in [2.45, 2.75) is 34.2 Å². The van der Waals surface area contributed by atoms with Crippen molar-refractivity contribution < 1.29 is 9.53 Å². The highest BCUT2D eigenvalue weighted by Gasteiger charge is 2.20. The second-order valence-corrected chi connectivity index (χ2v) is 7.49. The van der Waals surface area contributed by atoms with Crippen molar-refractivity contribution in [3.63, 3.8) is 0 Å². The van der Waals surface area contributed by atoms with Gasteiger partial charge in [0.2, 0.25) is 0 Å². The average molecular weight is 462 g/mol. The van der Waals surface area contributed by atoms with Gasteiger partial charge in [0, 0.05) is 26.7 Å². The van der Waals surface area contributed by atoms with Crippen molar-refractivity contribution in [1.82, 2.24) is 4.57 Å². The first-order chi connectivity index (χ1) is 12.5. The Morgan fingerprint density at radius 1 is 1.15 bits per heavy atom. The molecule has 2 aromatic carbocycles. The van der Waals surface area contributed by atoms with Gasteiger partial charge in [-0.05, 0) is 97.8 Å². The highest BCUT2D eigenvalue weighted by molar-refractivity contribution is 14.1. The van der Waals surface area contributed by atoms with Gasteiger partial charge in [-0.2, -0.15) is 0 Å². The molecule has 136 valence electrons. The van der Waals surface area contributed by atoms with E-state index in [-0.39, 0.29) is 5.91 Å². The molecule has 0 aliphatic heterocycles. The van der Waals surface area contributed by atoms with Crippen molar-refractivity contribution in [1.29, 1.82) is 0 Å². The van der Waals surface area contributed by atoms with Gasteiger partial charge in [0.15, 0.2) is 0 Å². The number of amides is 1. The molecule has 0 unspecified atom stereocenters. The molecule has 26 heavy (non-hydrogen) atoms. The lowest BCUT2D eigenvalue weighted by Gasteiger charge is -2.12. The van der Waals surface area contributed by atoms with E-state index in [2.05, 4.69) is 45.5 Å². The van der Waals surface area contributed by atoms with Crippen LogP contribution in [-0.4, -0.2) is 17.1 Å². The SMILES string of the molecule is CCOc1ccc2c(c1)c(C)c(C(=O)Nc1ccc(I)cc1C)n2CC. The summed E-state index contributed by atoms with van der Waals surface area (Å²) in [5, 5.41) is 4.13. The van der Waals surface area contributed by atoms with E-state index in [9.17, 15) is 4.79 Å². The van der Waals surface area contributed by atoms with Crippen LogP contribution in [0.5, 0.6) is 5.75 Å². The molecule has 0 saturated heterocycles. The fraction of sp³-hybridized carbons (Fsp3) is 0.286. The lowest BCUT2D eigenvalue weighted by atomic mass is 10.1. The number of rotatable bonds is 5. The molecule has 0 saturated carbocycles. The molecule has 0 aliphatic rings. The molecule has 0 fully saturated rings. The number of anilines is 1. The molecular formula is C21H23IN2O2. The van der Waals surface area contributed by atoms with E-state index >= 15 is 0 Å². The van der Waals surface area contributed by atoms with Gasteiger partial charge >= 0.3 is 0 Å². The summed E-state index contributed by atoms with van der Waals surface area (Å²) < 4.78 is 8.84. The average Bonchev–Trinajstić information content (AvgIpc) is 2.89. The van der Waals surface area contributed by atoms with Gasteiger partial charge in [-0.1, -0.05) is 0 Å². The van der Waals surface area contributed by atoms with Crippen LogP contribution in [-0.2, 0) is 6.54 Å². The Labute approximate surface area is 167 Å². The number of carbonyl (C=O) groups excluding carboxylic acids is 1. The maximum atomic E-state index is 13.1. The summed E-state index contributed by atoms with van der Waals surface area (Å²) in [5.74, 6) is 0.750. The minimum Gasteiger partial charge on any atom is -0.494 e. The predicted octanol–water partition coefficient (Wildman–Crippen LogP) is 5.53. The van der Waals surface area contributed by atoms with Gasteiger partial charge in [-0.3, -0.25) is 4.79 Å². The smallest absolute Gasteiger partial charge is 0.272 e. The van der Waals surface area contributed by atoms with Crippen LogP contribution >= 0.6 is 22.6 Å². The minimum absolute atomic E-state index is 0.0807. The predicted molar refractivity (Wildman–Crippen MR) is 115 cm³/mol. The fourth-order valence-electron chi connectivity index (χ4n) is 3.33. The Bertz CT molecular complexity index is 976. The molecule has 1 heterocycles. The quantitative estimate of drug-likeness (QED) is 0.507. The molecule has 3 rings (SSSR count). The molecule has 1 aromatic heterocycles. The highest BCUT2D eigenvalue weighted by Crippen LogP contribution is 2.30. The second kappa shape index (κ2) is 7.70. The van der Waals surface area contributed by atoms with E-state index in [4.69, 9.17) is 4.74 Å². The topological polar surface area (TPSA) is 43.3 Å². The first-order valence-electron chi connectivity index (χ1n) is 8.79. The monoisotopic (exact) mass is 462 g/mol. The Hall–Kier alpha value is -2.02. The number of ether oxygens (including phenoxy) is 1. The molecule has 4 nitrogen and oxygen atoms in total. The van der Waals surface area contributed by atoms with E-state index < -0.39 is 0 Å². The number of nitrogens with zero attached hydrogens (tertiary/aromatic N) is 1. The molecule has 0 atom stereocenters. The van der Waals surface area contributed by atoms with E-state index in [1.807, 2.05) is 51.1 Å². The van der Waals surface area contributed by atoms with Crippen LogP contribution in [0.3, 0.4) is 0 Å². The van der Waals surface area contributed by atoms with Crippen LogP contribution in [0.4, 0.5) is 5.69 Å². The van der Waals surface area contributed by atoms with Crippen molar-refractivity contribution in [2.24, 2.45) is 0 Å². The molecule has 3 aromatic rings. The lowest BCUT2D eigenvalue weighted by molar-refractivity contribution is 0.101. The van der Waals surface area contributed by atoms with Crippen molar-refractivity contribution in [2.75, 3.05) is 11.9 Å². The van der Waals surface area contributed by atoms with E-state index in [1.54, 1.807) is 0 Å². The molecule has 1 amide bonds. The van der Waals surface area contributed by atoms with Crippen molar-refractivity contribution >= 4 is 45.1 Å². The molecule has 0 spiro atoms. The molecule has 0 radical (unpaired) electrons. The van der Waals surface area contributed by atoms with Crippen LogP contribution in [0.15, 0.2) is 36.4 Å². The van der Waals surface area contributed by atoms with E-state index in [0.717, 1.165) is 43.6 Å². The normalized spacial score (nSPS) is 11.0. The van der Waals surface area contributed by atoms with Gasteiger partial charge in [-0.25, -0.2) is 0 Å². The minimum atomic E-state index is -0.0807. The molecule has 0 aliphatic carbocycles. The number of hydrogen-bond acceptors (Lipinski definition) is 2. The zero-order chi connectivity index (χ0) is 18.8. The summed E-state index contributed by atoms with van der Waals surface area (Å²) in [5.41, 5.74) is 4.63. The largest absolute Gasteiger partial charge is 0.494 e. The number of aryl methyl sites for hydroxylation is 3. The molecular weight excluding hydrogens is 439 g/mol. The summed E-state index contributed by atoms with van der Waals surface area (Å²) in [6.45, 7) is 9.39. The zero-order valence-corrected chi connectivity index (χ0v) is 17.7. The summed E-state index contributed by atoms with van der Waals surface area (Å²) in [6, 6.07) is 12.0. The third-order valence-electron chi connectivity index (χ3n) is 4.57. The maximum absolute atomic E-state index is 13.1. The number of halogens is 1. The molecule has 5 heteroatoms. The van der Waals surface area contributed by atoms with Crippen LogP contribution in [0.1, 0.15) is 35.5 Å². The van der Waals surface area contributed by atoms with Gasteiger partial charge in [0.25, 0.3) is 5.91 Å². The maximum Gasteiger partial charge on any atom is 0.272 e. The summed E-state index contributed by atoms with van der Waals surface area (Å²) in [6.07, 6.45) is 0. The van der Waals surface area contributed by atoms with Crippen molar-refractivity contribution in [3.8, 4) is 5.75 Å². The number of hydrogen-bond donors (Lipinski definition) is 1. The summed E-state index contributed by atoms with van der Waals surface area (Å²) in [4.78, 5) is 13.1. The van der Waals surface area contributed by atoms with Crippen LogP contribution in [0, 0.1) is 17.4 Å². The number of fused-ring (bicyclic) bond motifs is 1. The first-order valence-corrected chi connectivity index (χ1v) is 9.87. The Balaban J connectivity index is 2.05. The van der Waals surface area contributed by atoms with Crippen molar-refractivity contribution in [3.05, 3.63) is 56.8 Å². The van der Waals surface area contributed by atoms with Gasteiger partial charge in [-0.15, -0.1) is 0 Å². The third kappa shape index (κ3) is 3.45. The van der Waals surface area contributed by atoms with Gasteiger partial charge in [0.05, 0.1) is 6.61 Å². The van der Waals surface area contributed by atoms with Crippen LogP contribution in [0.25, 0.3) is 10.9 Å². The highest BCUT2D eigenvalue weighted by atomic mass is 127. The number of benzene rings is 2. The molecule has 0 bridgehead atoms. The Morgan fingerprint density at radius 2 is 1.92 bits per heavy atom. The standard InChI is InChI=1S/C21H23IN2O2/c1-5-24-19-10-8-16(26-6-2)12-17(19)14(4)20(24)21(25)23-18-9-7-15(22)11-13(18)3/h7-12H,5-6H2,1-4H3,(H,23,25). The van der Waals surface area contributed by atoms with Gasteiger partial charge < -0.3 is 14.6 Å². The summed E-state index contributed by atoms with van der Waals surface area (Å²) in [7, 11) is 0. The zero-order valence-electron chi connectivity index (χ0n) is 15.5.